The van der Waals surface area contributed by atoms with Gasteiger partial charge in [-0.3, -0.25) is 4.79 Å². The number of aromatic nitrogens is 2. The van der Waals surface area contributed by atoms with Gasteiger partial charge in [0.25, 0.3) is 5.91 Å². The van der Waals surface area contributed by atoms with E-state index in [1.165, 1.54) is 0 Å². The Labute approximate surface area is 211 Å². The molecule has 0 unspecified atom stereocenters. The normalized spacial score (nSPS) is 10.8. The molecule has 1 N–H and O–H groups in total. The van der Waals surface area contributed by atoms with Crippen molar-refractivity contribution in [3.8, 4) is 22.7 Å². The fourth-order valence-electron chi connectivity index (χ4n) is 3.62. The molecule has 35 heavy (non-hydrogen) atoms. The van der Waals surface area contributed by atoms with Gasteiger partial charge in [-0.25, -0.2) is 4.68 Å². The van der Waals surface area contributed by atoms with Crippen LogP contribution in [0.2, 0.25) is 0 Å². The molecule has 2 heterocycles. The van der Waals surface area contributed by atoms with Gasteiger partial charge in [0.15, 0.2) is 5.76 Å². The largest absolute Gasteiger partial charge is 0.486 e. The number of amides is 1. The van der Waals surface area contributed by atoms with E-state index < -0.39 is 0 Å². The third-order valence-electron chi connectivity index (χ3n) is 5.38. The minimum atomic E-state index is -0.300. The minimum absolute atomic E-state index is 0.233. The van der Waals surface area contributed by atoms with E-state index in [-0.39, 0.29) is 18.3 Å². The van der Waals surface area contributed by atoms with Crippen LogP contribution in [0.25, 0.3) is 16.9 Å². The summed E-state index contributed by atoms with van der Waals surface area (Å²) in [5.41, 5.74) is 3.65. The zero-order chi connectivity index (χ0) is 24.0. The molecule has 2 aromatic heterocycles. The third kappa shape index (κ3) is 5.53. The first-order valence-electron chi connectivity index (χ1n) is 11.1. The maximum absolute atomic E-state index is 12.8. The topological polar surface area (TPSA) is 69.3 Å². The van der Waals surface area contributed by atoms with Crippen LogP contribution in [0.3, 0.4) is 0 Å². The smallest absolute Gasteiger partial charge is 0.287 e. The quantitative estimate of drug-likeness (QED) is 0.253. The molecule has 5 aromatic rings. The molecule has 0 aliphatic heterocycles. The fourth-order valence-corrected chi connectivity index (χ4v) is 3.88. The molecule has 0 fully saturated rings. The average molecular weight is 528 g/mol. The molecule has 0 atom stereocenters. The number of halogens is 1. The number of hydrogen-bond acceptors (Lipinski definition) is 4. The lowest BCUT2D eigenvalue weighted by Crippen LogP contribution is -2.22. The summed E-state index contributed by atoms with van der Waals surface area (Å²) in [6.45, 7) is 0.540. The molecular weight excluding hydrogens is 506 g/mol. The lowest BCUT2D eigenvalue weighted by atomic mass is 10.1. The van der Waals surface area contributed by atoms with Crippen molar-refractivity contribution in [2.24, 2.45) is 0 Å². The zero-order valence-electron chi connectivity index (χ0n) is 18.7. The van der Waals surface area contributed by atoms with E-state index in [1.54, 1.807) is 12.1 Å². The molecule has 174 valence electrons. The van der Waals surface area contributed by atoms with E-state index in [4.69, 9.17) is 14.3 Å². The van der Waals surface area contributed by atoms with Crippen molar-refractivity contribution in [3.05, 3.63) is 125 Å². The number of ether oxygens (including phenoxy) is 1. The number of nitrogens with one attached hydrogen (secondary N) is 1. The molecule has 0 aliphatic rings. The fraction of sp³-hybridized carbons (Fsp3) is 0.0714. The maximum Gasteiger partial charge on any atom is 0.287 e. The van der Waals surface area contributed by atoms with Gasteiger partial charge in [0.2, 0.25) is 0 Å². The van der Waals surface area contributed by atoms with Gasteiger partial charge < -0.3 is 14.5 Å². The second-order valence-electron chi connectivity index (χ2n) is 7.84. The van der Waals surface area contributed by atoms with Gasteiger partial charge in [-0.2, -0.15) is 5.10 Å². The maximum atomic E-state index is 12.8. The summed E-state index contributed by atoms with van der Waals surface area (Å²) in [6, 6.07) is 30.7. The summed E-state index contributed by atoms with van der Waals surface area (Å²) in [7, 11) is 0. The lowest BCUT2D eigenvalue weighted by molar-refractivity contribution is 0.0919. The molecular formula is C28H22BrN3O3. The van der Waals surface area contributed by atoms with Gasteiger partial charge >= 0.3 is 0 Å². The molecule has 7 heteroatoms. The molecule has 5 rings (SSSR count). The predicted octanol–water partition coefficient (Wildman–Crippen LogP) is 6.40. The summed E-state index contributed by atoms with van der Waals surface area (Å²) in [5, 5.41) is 7.74. The van der Waals surface area contributed by atoms with E-state index in [0.29, 0.717) is 12.3 Å². The van der Waals surface area contributed by atoms with Crippen LogP contribution in [0.15, 0.2) is 112 Å². The van der Waals surface area contributed by atoms with Crippen molar-refractivity contribution in [3.63, 3.8) is 0 Å². The molecule has 1 amide bonds. The van der Waals surface area contributed by atoms with E-state index in [1.807, 2.05) is 95.8 Å². The van der Waals surface area contributed by atoms with Gasteiger partial charge in [0, 0.05) is 28.3 Å². The Morgan fingerprint density at radius 1 is 0.914 bits per heavy atom. The highest BCUT2D eigenvalue weighted by atomic mass is 79.9. The summed E-state index contributed by atoms with van der Waals surface area (Å²) in [4.78, 5) is 12.8. The first kappa shape index (κ1) is 22.7. The molecule has 6 nitrogen and oxygen atoms in total. The van der Waals surface area contributed by atoms with Crippen LogP contribution in [-0.4, -0.2) is 15.7 Å². The Morgan fingerprint density at radius 3 is 2.37 bits per heavy atom. The minimum Gasteiger partial charge on any atom is -0.486 e. The van der Waals surface area contributed by atoms with Crippen LogP contribution in [0.5, 0.6) is 5.75 Å². The van der Waals surface area contributed by atoms with E-state index >= 15 is 0 Å². The Morgan fingerprint density at radius 2 is 1.63 bits per heavy atom. The van der Waals surface area contributed by atoms with Crippen molar-refractivity contribution in [2.75, 3.05) is 0 Å². The van der Waals surface area contributed by atoms with Crippen LogP contribution in [0.4, 0.5) is 0 Å². The van der Waals surface area contributed by atoms with Crippen LogP contribution >= 0.6 is 15.9 Å². The van der Waals surface area contributed by atoms with Crippen molar-refractivity contribution < 1.29 is 13.9 Å². The molecule has 3 aromatic carbocycles. The molecule has 0 saturated carbocycles. The van der Waals surface area contributed by atoms with Crippen LogP contribution in [0, 0.1) is 0 Å². The van der Waals surface area contributed by atoms with E-state index in [9.17, 15) is 4.79 Å². The van der Waals surface area contributed by atoms with Crippen LogP contribution in [-0.2, 0) is 13.2 Å². The number of carbonyl (C=O) groups is 1. The summed E-state index contributed by atoms with van der Waals surface area (Å²) < 4.78 is 14.2. The van der Waals surface area contributed by atoms with Crippen molar-refractivity contribution in [2.45, 2.75) is 13.2 Å². The van der Waals surface area contributed by atoms with Gasteiger partial charge in [-0.15, -0.1) is 0 Å². The van der Waals surface area contributed by atoms with Crippen LogP contribution in [0.1, 0.15) is 21.9 Å². The van der Waals surface area contributed by atoms with E-state index in [2.05, 4.69) is 21.2 Å². The summed E-state index contributed by atoms with van der Waals surface area (Å²) in [5.74, 6) is 1.22. The number of nitrogens with zero attached hydrogens (tertiary/aromatic N) is 2. The Balaban J connectivity index is 1.28. The number of rotatable bonds is 8. The second kappa shape index (κ2) is 10.4. The Kier molecular flexibility index (Phi) is 6.77. The number of hydrogen-bond donors (Lipinski definition) is 1. The highest BCUT2D eigenvalue weighted by molar-refractivity contribution is 9.10. The zero-order valence-corrected chi connectivity index (χ0v) is 20.3. The average Bonchev–Trinajstić information content (AvgIpc) is 3.56. The standard InChI is InChI=1S/C28H22BrN3O3/c29-22-11-13-24(14-12-22)34-19-25-15-16-26(35-25)28(33)30-17-21-18-32(23-9-5-2-6-10-23)31-27(21)20-7-3-1-4-8-20/h1-16,18H,17,19H2,(H,30,33). The number of furan rings is 1. The number of carbonyl (C=O) groups excluding carboxylic acids is 1. The summed E-state index contributed by atoms with van der Waals surface area (Å²) in [6.07, 6.45) is 1.94. The van der Waals surface area contributed by atoms with Gasteiger partial charge in [0.1, 0.15) is 18.1 Å². The van der Waals surface area contributed by atoms with Gasteiger partial charge in [0.05, 0.1) is 11.4 Å². The highest BCUT2D eigenvalue weighted by Gasteiger charge is 2.16. The first-order valence-corrected chi connectivity index (χ1v) is 11.9. The molecule has 0 aliphatic carbocycles. The lowest BCUT2D eigenvalue weighted by Gasteiger charge is -2.05. The third-order valence-corrected chi connectivity index (χ3v) is 5.91. The summed E-state index contributed by atoms with van der Waals surface area (Å²) >= 11 is 3.40. The predicted molar refractivity (Wildman–Crippen MR) is 137 cm³/mol. The van der Waals surface area contributed by atoms with Crippen molar-refractivity contribution >= 4 is 21.8 Å². The molecule has 0 bridgehead atoms. The molecule has 0 radical (unpaired) electrons. The Hall–Kier alpha value is -4.10. The van der Waals surface area contributed by atoms with E-state index in [0.717, 1.165) is 32.7 Å². The van der Waals surface area contributed by atoms with Crippen LogP contribution < -0.4 is 10.1 Å². The van der Waals surface area contributed by atoms with Crippen molar-refractivity contribution in [1.82, 2.24) is 15.1 Å². The SMILES string of the molecule is O=C(NCc1cn(-c2ccccc2)nc1-c1ccccc1)c1ccc(COc2ccc(Br)cc2)o1. The van der Waals surface area contributed by atoms with Crippen molar-refractivity contribution in [1.29, 1.82) is 0 Å². The first-order chi connectivity index (χ1) is 17.2. The van der Waals surface area contributed by atoms with Gasteiger partial charge in [-0.1, -0.05) is 64.5 Å². The number of para-hydroxylation sites is 1. The Bertz CT molecular complexity index is 1410. The number of benzene rings is 3. The highest BCUT2D eigenvalue weighted by Crippen LogP contribution is 2.24. The second-order valence-corrected chi connectivity index (χ2v) is 8.76. The monoisotopic (exact) mass is 527 g/mol. The van der Waals surface area contributed by atoms with Gasteiger partial charge in [-0.05, 0) is 48.5 Å². The molecule has 0 spiro atoms. The molecule has 0 saturated heterocycles.